The number of nitrogens with zero attached hydrogens (tertiary/aromatic N) is 1. The third-order valence-corrected chi connectivity index (χ3v) is 3.86. The fourth-order valence-electron chi connectivity index (χ4n) is 2.48. The molecule has 0 aliphatic rings. The van der Waals surface area contributed by atoms with Gasteiger partial charge in [0.15, 0.2) is 6.29 Å². The molecule has 0 atom stereocenters. The van der Waals surface area contributed by atoms with Gasteiger partial charge in [-0.1, -0.05) is 6.58 Å². The first-order valence-corrected chi connectivity index (χ1v) is 7.60. The van der Waals surface area contributed by atoms with E-state index in [0.29, 0.717) is 34.0 Å². The number of nitrogens with one attached hydrogen (secondary N) is 1. The Labute approximate surface area is 146 Å². The van der Waals surface area contributed by atoms with E-state index in [1.54, 1.807) is 26.5 Å². The fourth-order valence-corrected chi connectivity index (χ4v) is 2.48. The zero-order valence-electron chi connectivity index (χ0n) is 14.5. The molecule has 2 aromatic rings. The largest absolute Gasteiger partial charge is 0.496 e. The van der Waals surface area contributed by atoms with E-state index >= 15 is 0 Å². The van der Waals surface area contributed by atoms with Crippen LogP contribution in [0.1, 0.15) is 27.0 Å². The number of aromatic nitrogens is 1. The highest BCUT2D eigenvalue weighted by Gasteiger charge is 2.14. The summed E-state index contributed by atoms with van der Waals surface area (Å²) in [5.74, 6) is 1.78. The van der Waals surface area contributed by atoms with Gasteiger partial charge in [0.1, 0.15) is 23.6 Å². The topological polar surface area (TPSA) is 77.5 Å². The molecule has 1 aromatic heterocycles. The minimum absolute atomic E-state index is 0.123. The van der Waals surface area contributed by atoms with Crippen molar-refractivity contribution in [3.05, 3.63) is 53.2 Å². The number of benzene rings is 1. The third kappa shape index (κ3) is 3.85. The van der Waals surface area contributed by atoms with Crippen LogP contribution in [0.2, 0.25) is 0 Å². The van der Waals surface area contributed by atoms with Crippen molar-refractivity contribution >= 4 is 24.0 Å². The Hall–Kier alpha value is -3.15. The van der Waals surface area contributed by atoms with E-state index in [1.165, 1.54) is 0 Å². The highest BCUT2D eigenvalue weighted by Crippen LogP contribution is 2.34. The maximum atomic E-state index is 11.5. The van der Waals surface area contributed by atoms with Crippen LogP contribution in [-0.4, -0.2) is 38.3 Å². The minimum Gasteiger partial charge on any atom is -0.496 e. The lowest BCUT2D eigenvalue weighted by Gasteiger charge is -2.15. The molecular formula is C19H20N2O4. The standard InChI is InChI=1S/C19H20N2O4/c1-12(14-7-17(24-3)13(2)18(8-14)25-4)16-10-21-19(20-5-6-22)9-15(16)11-23/h6-11H,1,5H2,2-4H3,(H,20,21). The Balaban J connectivity index is 2.46. The lowest BCUT2D eigenvalue weighted by molar-refractivity contribution is -0.106. The summed E-state index contributed by atoms with van der Waals surface area (Å²) in [6.07, 6.45) is 3.01. The van der Waals surface area contributed by atoms with Gasteiger partial charge in [-0.05, 0) is 36.3 Å². The predicted octanol–water partition coefficient (Wildman–Crippen LogP) is 2.89. The van der Waals surface area contributed by atoms with Crippen molar-refractivity contribution in [2.75, 3.05) is 26.1 Å². The lowest BCUT2D eigenvalue weighted by Crippen LogP contribution is -2.06. The molecule has 2 rings (SSSR count). The van der Waals surface area contributed by atoms with Crippen LogP contribution in [0.4, 0.5) is 5.82 Å². The number of carbonyl (C=O) groups is 2. The van der Waals surface area contributed by atoms with Crippen LogP contribution >= 0.6 is 0 Å². The molecule has 0 spiro atoms. The number of pyridine rings is 1. The molecule has 0 saturated heterocycles. The summed E-state index contributed by atoms with van der Waals surface area (Å²) >= 11 is 0. The Morgan fingerprint density at radius 2 is 1.84 bits per heavy atom. The molecule has 0 radical (unpaired) electrons. The number of hydrogen-bond acceptors (Lipinski definition) is 6. The minimum atomic E-state index is 0.123. The van der Waals surface area contributed by atoms with Gasteiger partial charge < -0.3 is 19.6 Å². The molecule has 0 aliphatic carbocycles. The van der Waals surface area contributed by atoms with Crippen LogP contribution in [0, 0.1) is 6.92 Å². The van der Waals surface area contributed by atoms with Gasteiger partial charge >= 0.3 is 0 Å². The second-order valence-corrected chi connectivity index (χ2v) is 5.31. The van der Waals surface area contributed by atoms with Gasteiger partial charge in [0.2, 0.25) is 0 Å². The van der Waals surface area contributed by atoms with Gasteiger partial charge in [-0.3, -0.25) is 4.79 Å². The van der Waals surface area contributed by atoms with Crippen molar-refractivity contribution in [1.82, 2.24) is 4.98 Å². The normalized spacial score (nSPS) is 10.0. The van der Waals surface area contributed by atoms with Crippen molar-refractivity contribution in [2.45, 2.75) is 6.92 Å². The van der Waals surface area contributed by atoms with E-state index in [0.717, 1.165) is 23.7 Å². The molecule has 0 aliphatic heterocycles. The number of hydrogen-bond donors (Lipinski definition) is 1. The summed E-state index contributed by atoms with van der Waals surface area (Å²) in [6.45, 7) is 6.11. The van der Waals surface area contributed by atoms with E-state index in [2.05, 4.69) is 16.9 Å². The highest BCUT2D eigenvalue weighted by molar-refractivity contribution is 5.91. The van der Waals surface area contributed by atoms with Crippen LogP contribution in [0.15, 0.2) is 31.0 Å². The van der Waals surface area contributed by atoms with Crippen LogP contribution in [0.25, 0.3) is 5.57 Å². The van der Waals surface area contributed by atoms with Crippen LogP contribution < -0.4 is 14.8 Å². The van der Waals surface area contributed by atoms with E-state index in [-0.39, 0.29) is 6.54 Å². The molecule has 6 nitrogen and oxygen atoms in total. The molecule has 1 heterocycles. The second-order valence-electron chi connectivity index (χ2n) is 5.31. The first-order valence-electron chi connectivity index (χ1n) is 7.60. The summed E-state index contributed by atoms with van der Waals surface area (Å²) < 4.78 is 10.8. The SMILES string of the molecule is C=C(c1cc(OC)c(C)c(OC)c1)c1cnc(NCC=O)cc1C=O. The molecule has 0 unspecified atom stereocenters. The average Bonchev–Trinajstić information content (AvgIpc) is 2.65. The van der Waals surface area contributed by atoms with Gasteiger partial charge in [0.05, 0.1) is 20.8 Å². The first kappa shape index (κ1) is 18.2. The van der Waals surface area contributed by atoms with Gasteiger partial charge in [0, 0.05) is 22.9 Å². The number of ether oxygens (including phenoxy) is 2. The van der Waals surface area contributed by atoms with Crippen molar-refractivity contribution in [2.24, 2.45) is 0 Å². The molecule has 1 aromatic carbocycles. The summed E-state index contributed by atoms with van der Waals surface area (Å²) in [6, 6.07) is 5.26. The van der Waals surface area contributed by atoms with Crippen molar-refractivity contribution in [3.63, 3.8) is 0 Å². The molecule has 0 saturated carbocycles. The summed E-state index contributed by atoms with van der Waals surface area (Å²) in [5.41, 5.74) is 3.28. The quantitative estimate of drug-likeness (QED) is 0.745. The van der Waals surface area contributed by atoms with Gasteiger partial charge in [0.25, 0.3) is 0 Å². The molecule has 0 bridgehead atoms. The maximum absolute atomic E-state index is 11.5. The molecule has 0 fully saturated rings. The Bertz CT molecular complexity index is 790. The summed E-state index contributed by atoms with van der Waals surface area (Å²) in [5, 5.41) is 2.81. The van der Waals surface area contributed by atoms with Gasteiger partial charge in [-0.25, -0.2) is 4.98 Å². The molecule has 0 amide bonds. The van der Waals surface area contributed by atoms with Crippen LogP contribution in [0.5, 0.6) is 11.5 Å². The van der Waals surface area contributed by atoms with E-state index in [1.807, 2.05) is 19.1 Å². The Kier molecular flexibility index (Phi) is 5.89. The smallest absolute Gasteiger partial charge is 0.150 e. The van der Waals surface area contributed by atoms with Crippen molar-refractivity contribution in [3.8, 4) is 11.5 Å². The number of anilines is 1. The monoisotopic (exact) mass is 340 g/mol. The van der Waals surface area contributed by atoms with E-state index in [4.69, 9.17) is 9.47 Å². The number of carbonyl (C=O) groups excluding carboxylic acids is 2. The predicted molar refractivity (Wildman–Crippen MR) is 96.6 cm³/mol. The zero-order valence-corrected chi connectivity index (χ0v) is 14.5. The highest BCUT2D eigenvalue weighted by atomic mass is 16.5. The summed E-state index contributed by atoms with van der Waals surface area (Å²) in [4.78, 5) is 26.1. The van der Waals surface area contributed by atoms with Crippen LogP contribution in [-0.2, 0) is 4.79 Å². The summed E-state index contributed by atoms with van der Waals surface area (Å²) in [7, 11) is 3.17. The molecular weight excluding hydrogens is 320 g/mol. The second kappa shape index (κ2) is 8.10. The van der Waals surface area contributed by atoms with Crippen molar-refractivity contribution < 1.29 is 19.1 Å². The Morgan fingerprint density at radius 1 is 1.20 bits per heavy atom. The number of rotatable bonds is 8. The van der Waals surface area contributed by atoms with Crippen LogP contribution in [0.3, 0.4) is 0 Å². The molecule has 130 valence electrons. The third-order valence-electron chi connectivity index (χ3n) is 3.86. The fraction of sp³-hybridized carbons (Fsp3) is 0.211. The molecule has 25 heavy (non-hydrogen) atoms. The average molecular weight is 340 g/mol. The Morgan fingerprint density at radius 3 is 2.36 bits per heavy atom. The number of methoxy groups -OCH3 is 2. The van der Waals surface area contributed by atoms with Gasteiger partial charge in [-0.2, -0.15) is 0 Å². The van der Waals surface area contributed by atoms with Gasteiger partial charge in [-0.15, -0.1) is 0 Å². The molecule has 1 N–H and O–H groups in total. The van der Waals surface area contributed by atoms with Crippen molar-refractivity contribution in [1.29, 1.82) is 0 Å². The zero-order chi connectivity index (χ0) is 18.4. The number of aldehydes is 2. The maximum Gasteiger partial charge on any atom is 0.150 e. The van der Waals surface area contributed by atoms with E-state index in [9.17, 15) is 9.59 Å². The first-order chi connectivity index (χ1) is 12.0. The lowest BCUT2D eigenvalue weighted by atomic mass is 9.95. The molecule has 6 heteroatoms. The van der Waals surface area contributed by atoms with E-state index < -0.39 is 0 Å².